The molecule has 5 heteroatoms. The van der Waals surface area contributed by atoms with E-state index >= 15 is 0 Å². The van der Waals surface area contributed by atoms with Crippen LogP contribution in [0.3, 0.4) is 0 Å². The molecule has 1 N–H and O–H groups in total. The lowest BCUT2D eigenvalue weighted by molar-refractivity contribution is 0.0407. The first-order valence-corrected chi connectivity index (χ1v) is 8.54. The van der Waals surface area contributed by atoms with Gasteiger partial charge in [0.05, 0.1) is 16.1 Å². The van der Waals surface area contributed by atoms with Crippen LogP contribution in [0.15, 0.2) is 18.2 Å². The number of halogens is 1. The highest BCUT2D eigenvalue weighted by Crippen LogP contribution is 2.39. The maximum absolute atomic E-state index is 6.30. The molecule has 0 saturated carbocycles. The topological polar surface area (TPSA) is 24.0 Å². The standard InChI is InChI=1S/C16H20ClN3S/c1-19-10-4-2-5-11(19)9-12(8-10)20-14-7-3-6-13(17)15(14)18-16(20)21/h3,6-7,10-12H,2,4-5,8-9H2,1H3,(H,18,21). The number of piperidine rings is 2. The second-order valence-corrected chi connectivity index (χ2v) is 7.26. The maximum Gasteiger partial charge on any atom is 0.178 e. The molecule has 0 amide bonds. The van der Waals surface area contributed by atoms with Crippen molar-refractivity contribution in [2.45, 2.75) is 50.2 Å². The number of nitrogens with zero attached hydrogens (tertiary/aromatic N) is 2. The molecule has 0 radical (unpaired) electrons. The predicted octanol–water partition coefficient (Wildman–Crippen LogP) is 4.54. The van der Waals surface area contributed by atoms with E-state index in [0.717, 1.165) is 20.8 Å². The van der Waals surface area contributed by atoms with Gasteiger partial charge in [-0.05, 0) is 57.1 Å². The van der Waals surface area contributed by atoms with E-state index in [0.29, 0.717) is 18.1 Å². The van der Waals surface area contributed by atoms with Crippen LogP contribution in [0.4, 0.5) is 0 Å². The summed E-state index contributed by atoms with van der Waals surface area (Å²) in [6.45, 7) is 0. The molecule has 2 atom stereocenters. The summed E-state index contributed by atoms with van der Waals surface area (Å²) in [6, 6.07) is 7.96. The normalized spacial score (nSPS) is 29.9. The average Bonchev–Trinajstić information content (AvgIpc) is 2.77. The number of aromatic nitrogens is 2. The van der Waals surface area contributed by atoms with Gasteiger partial charge in [-0.2, -0.15) is 0 Å². The second kappa shape index (κ2) is 5.11. The molecule has 2 bridgehead atoms. The molecule has 1 aromatic carbocycles. The molecule has 1 aromatic heterocycles. The van der Waals surface area contributed by atoms with E-state index < -0.39 is 0 Å². The van der Waals surface area contributed by atoms with Crippen molar-refractivity contribution in [2.75, 3.05) is 7.05 Å². The first kappa shape index (κ1) is 13.8. The highest BCUT2D eigenvalue weighted by molar-refractivity contribution is 7.71. The van der Waals surface area contributed by atoms with Gasteiger partial charge >= 0.3 is 0 Å². The highest BCUT2D eigenvalue weighted by Gasteiger charge is 2.37. The third-order valence-corrected chi connectivity index (χ3v) is 6.00. The fourth-order valence-electron chi connectivity index (χ4n) is 4.27. The monoisotopic (exact) mass is 321 g/mol. The lowest BCUT2D eigenvalue weighted by Crippen LogP contribution is -2.50. The van der Waals surface area contributed by atoms with Gasteiger partial charge in [-0.1, -0.05) is 24.1 Å². The second-order valence-electron chi connectivity index (χ2n) is 6.46. The van der Waals surface area contributed by atoms with Crippen molar-refractivity contribution in [2.24, 2.45) is 0 Å². The first-order chi connectivity index (χ1) is 10.1. The largest absolute Gasteiger partial charge is 0.329 e. The summed E-state index contributed by atoms with van der Waals surface area (Å²) in [4.78, 5) is 5.89. The van der Waals surface area contributed by atoms with Crippen molar-refractivity contribution in [1.82, 2.24) is 14.5 Å². The zero-order valence-corrected chi connectivity index (χ0v) is 13.8. The minimum atomic E-state index is 0.496. The quantitative estimate of drug-likeness (QED) is 0.780. The van der Waals surface area contributed by atoms with Gasteiger partial charge in [0, 0.05) is 18.1 Å². The van der Waals surface area contributed by atoms with Gasteiger partial charge in [0.15, 0.2) is 4.77 Å². The summed E-state index contributed by atoms with van der Waals surface area (Å²) in [5, 5.41) is 0.755. The van der Waals surface area contributed by atoms with Crippen LogP contribution < -0.4 is 0 Å². The molecule has 0 aliphatic carbocycles. The fourth-order valence-corrected chi connectivity index (χ4v) is 4.84. The number of benzene rings is 1. The third kappa shape index (κ3) is 2.16. The van der Waals surface area contributed by atoms with Gasteiger partial charge in [-0.3, -0.25) is 0 Å². The number of fused-ring (bicyclic) bond motifs is 3. The van der Waals surface area contributed by atoms with Crippen molar-refractivity contribution in [3.63, 3.8) is 0 Å². The Hall–Kier alpha value is -0.840. The lowest BCUT2D eigenvalue weighted by Gasteiger charge is -2.47. The van der Waals surface area contributed by atoms with Crippen LogP contribution in [-0.2, 0) is 0 Å². The Kier molecular flexibility index (Phi) is 3.36. The molecule has 3 nitrogen and oxygen atoms in total. The van der Waals surface area contributed by atoms with Crippen LogP contribution in [0.5, 0.6) is 0 Å². The molecule has 0 spiro atoms. The summed E-state index contributed by atoms with van der Waals surface area (Å²) in [5.41, 5.74) is 2.13. The SMILES string of the molecule is CN1C2CCCC1CC(n1c(=S)[nH]c3c(Cl)cccc31)C2. The summed E-state index contributed by atoms with van der Waals surface area (Å²) in [6.07, 6.45) is 6.40. The minimum absolute atomic E-state index is 0.496. The number of para-hydroxylation sites is 1. The Balaban J connectivity index is 1.79. The Morgan fingerprint density at radius 2 is 1.90 bits per heavy atom. The molecule has 2 unspecified atom stereocenters. The maximum atomic E-state index is 6.30. The van der Waals surface area contributed by atoms with Crippen LogP contribution in [0, 0.1) is 4.77 Å². The van der Waals surface area contributed by atoms with Crippen LogP contribution >= 0.6 is 23.8 Å². The molecule has 112 valence electrons. The molecule has 21 heavy (non-hydrogen) atoms. The molecule has 3 heterocycles. The summed E-state index contributed by atoms with van der Waals surface area (Å²) in [7, 11) is 2.29. The Morgan fingerprint density at radius 3 is 2.62 bits per heavy atom. The molecule has 2 saturated heterocycles. The molecule has 2 aliphatic rings. The van der Waals surface area contributed by atoms with E-state index in [-0.39, 0.29) is 0 Å². The van der Waals surface area contributed by atoms with E-state index in [1.807, 2.05) is 12.1 Å². The van der Waals surface area contributed by atoms with Gasteiger partial charge in [-0.25, -0.2) is 0 Å². The van der Waals surface area contributed by atoms with Gasteiger partial charge in [0.25, 0.3) is 0 Å². The van der Waals surface area contributed by atoms with Crippen LogP contribution in [-0.4, -0.2) is 33.6 Å². The molecule has 2 fully saturated rings. The van der Waals surface area contributed by atoms with Gasteiger partial charge < -0.3 is 14.5 Å². The Labute approximate surface area is 134 Å². The van der Waals surface area contributed by atoms with Crippen LogP contribution in [0.1, 0.15) is 38.1 Å². The highest BCUT2D eigenvalue weighted by atomic mass is 35.5. The minimum Gasteiger partial charge on any atom is -0.329 e. The van der Waals surface area contributed by atoms with Crippen molar-refractivity contribution in [1.29, 1.82) is 0 Å². The number of imidazole rings is 1. The zero-order valence-electron chi connectivity index (χ0n) is 12.2. The van der Waals surface area contributed by atoms with E-state index in [1.54, 1.807) is 0 Å². The number of rotatable bonds is 1. The molecule has 2 aliphatic heterocycles. The van der Waals surface area contributed by atoms with Crippen molar-refractivity contribution in [3.05, 3.63) is 28.0 Å². The number of aromatic amines is 1. The van der Waals surface area contributed by atoms with Crippen molar-refractivity contribution in [3.8, 4) is 0 Å². The fraction of sp³-hybridized carbons (Fsp3) is 0.562. The molecular weight excluding hydrogens is 302 g/mol. The summed E-state index contributed by atoms with van der Waals surface area (Å²) in [5.74, 6) is 0. The van der Waals surface area contributed by atoms with E-state index in [1.165, 1.54) is 32.1 Å². The Bertz CT molecular complexity index is 721. The third-order valence-electron chi connectivity index (χ3n) is 5.38. The van der Waals surface area contributed by atoms with Crippen molar-refractivity contribution < 1.29 is 0 Å². The van der Waals surface area contributed by atoms with E-state index in [4.69, 9.17) is 23.8 Å². The van der Waals surface area contributed by atoms with Gasteiger partial charge in [0.1, 0.15) is 0 Å². The summed E-state index contributed by atoms with van der Waals surface area (Å²) >= 11 is 11.9. The number of H-pyrrole nitrogens is 1. The smallest absolute Gasteiger partial charge is 0.178 e. The average molecular weight is 322 g/mol. The molecular formula is C16H20ClN3S. The predicted molar refractivity (Wildman–Crippen MR) is 89.6 cm³/mol. The molecule has 4 rings (SSSR count). The van der Waals surface area contributed by atoms with Crippen LogP contribution in [0.25, 0.3) is 11.0 Å². The van der Waals surface area contributed by atoms with Crippen molar-refractivity contribution >= 4 is 34.9 Å². The summed E-state index contributed by atoms with van der Waals surface area (Å²) < 4.78 is 3.13. The molecule has 2 aromatic rings. The Morgan fingerprint density at radius 1 is 1.19 bits per heavy atom. The van der Waals surface area contributed by atoms with Gasteiger partial charge in [-0.15, -0.1) is 0 Å². The lowest BCUT2D eigenvalue weighted by atomic mass is 9.82. The number of hydrogen-bond acceptors (Lipinski definition) is 2. The van der Waals surface area contributed by atoms with Gasteiger partial charge in [0.2, 0.25) is 0 Å². The van der Waals surface area contributed by atoms with E-state index in [2.05, 4.69) is 27.6 Å². The van der Waals surface area contributed by atoms with Crippen LogP contribution in [0.2, 0.25) is 5.02 Å². The van der Waals surface area contributed by atoms with E-state index in [9.17, 15) is 0 Å². The first-order valence-electron chi connectivity index (χ1n) is 7.76. The number of nitrogens with one attached hydrogen (secondary N) is 1. The zero-order chi connectivity index (χ0) is 14.6. The number of hydrogen-bond donors (Lipinski definition) is 1.